The Balaban J connectivity index is 1.68. The Kier molecular flexibility index (Phi) is 13.3. The lowest BCUT2D eigenvalue weighted by atomic mass is 10.1. The van der Waals surface area contributed by atoms with E-state index in [0.29, 0.717) is 16.4 Å². The van der Waals surface area contributed by atoms with Crippen molar-refractivity contribution in [1.82, 2.24) is 24.3 Å². The maximum atomic E-state index is 13.1. The largest absolute Gasteiger partial charge is 0.463 e. The highest BCUT2D eigenvalue weighted by Gasteiger charge is 2.52. The first-order valence-corrected chi connectivity index (χ1v) is 16.8. The predicted octanol–water partition coefficient (Wildman–Crippen LogP) is -2.28. The highest BCUT2D eigenvalue weighted by atomic mass is 32.2. The summed E-state index contributed by atoms with van der Waals surface area (Å²) in [5, 5.41) is 3.62. The highest BCUT2D eigenvalue weighted by Crippen LogP contribution is 2.35. The minimum absolute atomic E-state index is 0.178. The number of carbonyl (C=O) groups is 6. The topological polar surface area (TPSA) is 299 Å². The average molecular weight is 786 g/mol. The van der Waals surface area contributed by atoms with Gasteiger partial charge in [0.15, 0.2) is 41.9 Å². The summed E-state index contributed by atoms with van der Waals surface area (Å²) in [6, 6.07) is 0. The van der Waals surface area contributed by atoms with Crippen LogP contribution in [-0.2, 0) is 72.4 Å². The Morgan fingerprint density at radius 3 is 1.57 bits per heavy atom. The van der Waals surface area contributed by atoms with Crippen molar-refractivity contribution in [2.24, 2.45) is 0 Å². The van der Waals surface area contributed by atoms with E-state index >= 15 is 0 Å². The Hall–Kier alpha value is -5.62. The Morgan fingerprint density at radius 1 is 0.648 bits per heavy atom. The van der Waals surface area contributed by atoms with Crippen molar-refractivity contribution in [3.05, 3.63) is 53.4 Å². The third kappa shape index (κ3) is 10.1. The lowest BCUT2D eigenvalue weighted by Gasteiger charge is -2.24. The summed E-state index contributed by atoms with van der Waals surface area (Å²) < 4.78 is 44.3. The summed E-state index contributed by atoms with van der Waals surface area (Å²) in [6.45, 7) is 5.45. The summed E-state index contributed by atoms with van der Waals surface area (Å²) in [5.41, 5.74) is -4.31. The van der Waals surface area contributed by atoms with Crippen LogP contribution in [0.25, 0.3) is 0 Å². The molecule has 0 aromatic carbocycles. The van der Waals surface area contributed by atoms with Crippen LogP contribution in [0.4, 0.5) is 0 Å². The number of thioether (sulfide) groups is 1. The van der Waals surface area contributed by atoms with E-state index in [1.54, 1.807) is 0 Å². The summed E-state index contributed by atoms with van der Waals surface area (Å²) in [4.78, 5) is 127. The Labute approximate surface area is 306 Å². The Bertz CT molecular complexity index is 1900. The van der Waals surface area contributed by atoms with Crippen molar-refractivity contribution in [3.63, 3.8) is 0 Å². The lowest BCUT2D eigenvalue weighted by molar-refractivity contribution is -0.166. The first-order valence-electron chi connectivity index (χ1n) is 15.8. The molecule has 294 valence electrons. The molecule has 4 rings (SSSR count). The smallest absolute Gasteiger partial charge is 0.347 e. The second kappa shape index (κ2) is 17.5. The van der Waals surface area contributed by atoms with Gasteiger partial charge in [0.2, 0.25) is 0 Å². The molecule has 0 unspecified atom stereocenters. The van der Waals surface area contributed by atoms with Gasteiger partial charge in [-0.05, 0) is 0 Å². The van der Waals surface area contributed by atoms with Crippen LogP contribution >= 0.6 is 11.8 Å². The number of aromatic nitrogens is 5. The number of hydrogen-bond donors (Lipinski definition) is 2. The molecule has 4 heterocycles. The number of nitrogens with one attached hydrogen (secondary N) is 2. The van der Waals surface area contributed by atoms with Crippen LogP contribution < -0.4 is 22.5 Å². The third-order valence-corrected chi connectivity index (χ3v) is 8.42. The second-order valence-corrected chi connectivity index (χ2v) is 12.6. The molecular formula is C30H35N5O18S. The van der Waals surface area contributed by atoms with Crippen molar-refractivity contribution < 1.29 is 66.7 Å². The van der Waals surface area contributed by atoms with Gasteiger partial charge in [-0.1, -0.05) is 11.8 Å². The molecule has 24 heteroatoms. The van der Waals surface area contributed by atoms with Gasteiger partial charge in [-0.2, -0.15) is 9.78 Å². The zero-order chi connectivity index (χ0) is 40.0. The SMILES string of the molecule is CC(=O)OC[C@@H]1O[C@H](n2cc(CSc3nn([C@@H]4O[C@H](COC(C)=O)[C@H](OC(C)=O)[C@@H]4OC(C)=O)c(=O)[nH]c3=O)c(=O)[nH]c2=O)[C@H](OC(C)=O)[C@@H]1OC(C)=O. The molecule has 0 bridgehead atoms. The Morgan fingerprint density at radius 2 is 1.09 bits per heavy atom. The van der Waals surface area contributed by atoms with Crippen molar-refractivity contribution in [1.29, 1.82) is 0 Å². The van der Waals surface area contributed by atoms with E-state index in [-0.39, 0.29) is 5.56 Å². The maximum absolute atomic E-state index is 13.1. The fourth-order valence-corrected chi connectivity index (χ4v) is 6.26. The van der Waals surface area contributed by atoms with Crippen LogP contribution in [0.3, 0.4) is 0 Å². The van der Waals surface area contributed by atoms with E-state index in [4.69, 9.17) is 37.9 Å². The van der Waals surface area contributed by atoms with Crippen LogP contribution in [0.2, 0.25) is 0 Å². The number of esters is 6. The van der Waals surface area contributed by atoms with Crippen LogP contribution in [0.15, 0.2) is 30.4 Å². The molecule has 0 aliphatic carbocycles. The molecule has 54 heavy (non-hydrogen) atoms. The van der Waals surface area contributed by atoms with Crippen molar-refractivity contribution >= 4 is 47.6 Å². The van der Waals surface area contributed by atoms with E-state index in [9.17, 15) is 47.9 Å². The van der Waals surface area contributed by atoms with Crippen molar-refractivity contribution in [2.45, 2.75) is 101 Å². The molecule has 2 aromatic rings. The summed E-state index contributed by atoms with van der Waals surface area (Å²) in [5.74, 6) is -5.21. The van der Waals surface area contributed by atoms with Gasteiger partial charge >= 0.3 is 47.2 Å². The monoisotopic (exact) mass is 785 g/mol. The quantitative estimate of drug-likeness (QED) is 0.123. The maximum Gasteiger partial charge on any atom is 0.347 e. The number of rotatable bonds is 13. The molecule has 0 spiro atoms. The minimum atomic E-state index is -1.63. The fraction of sp³-hybridized carbons (Fsp3) is 0.567. The van der Waals surface area contributed by atoms with E-state index in [1.165, 1.54) is 0 Å². The molecule has 0 radical (unpaired) electrons. The van der Waals surface area contributed by atoms with Gasteiger partial charge < -0.3 is 37.9 Å². The van der Waals surface area contributed by atoms with Gasteiger partial charge in [-0.25, -0.2) is 9.59 Å². The molecule has 2 fully saturated rings. The molecule has 2 aromatic heterocycles. The average Bonchev–Trinajstić information content (AvgIpc) is 3.54. The standard InChI is InChI=1S/C30H35N5O18S/c1-11(36)46-8-18-20(48-13(3)38)22(50-15(5)40)27(52-18)34-7-17(24(42)31-29(34)44)10-54-26-25(43)32-30(45)35(33-26)28-23(51-16(6)41)21(49-14(4)39)19(53-28)9-47-12(2)37/h7,18-23,27-28H,8-10H2,1-6H3,(H,31,42,44)(H,32,43,45)/t18-,19+,20+,21-,22+,23-,27-,28+/m0/s1. The third-order valence-electron chi connectivity index (χ3n) is 7.42. The van der Waals surface area contributed by atoms with Gasteiger partial charge in [0.1, 0.15) is 25.4 Å². The highest BCUT2D eigenvalue weighted by molar-refractivity contribution is 7.98. The minimum Gasteiger partial charge on any atom is -0.463 e. The molecule has 2 aliphatic heterocycles. The van der Waals surface area contributed by atoms with Gasteiger partial charge in [0.05, 0.1) is 0 Å². The zero-order valence-electron chi connectivity index (χ0n) is 29.4. The first-order chi connectivity index (χ1) is 25.4. The van der Waals surface area contributed by atoms with Crippen molar-refractivity contribution in [2.75, 3.05) is 13.2 Å². The molecule has 23 nitrogen and oxygen atoms in total. The van der Waals surface area contributed by atoms with Crippen LogP contribution in [-0.4, -0.2) is 110 Å². The molecule has 0 amide bonds. The first kappa shape index (κ1) is 41.1. The number of aromatic amines is 2. The van der Waals surface area contributed by atoms with E-state index in [2.05, 4.69) is 10.1 Å². The number of nitrogens with zero attached hydrogens (tertiary/aromatic N) is 3. The van der Waals surface area contributed by atoms with Crippen LogP contribution in [0.1, 0.15) is 59.6 Å². The molecule has 2 saturated heterocycles. The molecule has 2 N–H and O–H groups in total. The van der Waals surface area contributed by atoms with Crippen LogP contribution in [0.5, 0.6) is 0 Å². The summed E-state index contributed by atoms with van der Waals surface area (Å²) in [6.07, 6.45) is -10.4. The molecular weight excluding hydrogens is 750 g/mol. The number of ether oxygens (including phenoxy) is 8. The normalized spacial score (nSPS) is 24.6. The number of carbonyl (C=O) groups excluding carboxylic acids is 6. The van der Waals surface area contributed by atoms with Gasteiger partial charge in [-0.15, -0.1) is 0 Å². The van der Waals surface area contributed by atoms with E-state index in [0.717, 1.165) is 52.3 Å². The van der Waals surface area contributed by atoms with Crippen molar-refractivity contribution in [3.8, 4) is 0 Å². The number of H-pyrrole nitrogens is 2. The van der Waals surface area contributed by atoms with Crippen LogP contribution in [0, 0.1) is 0 Å². The fourth-order valence-electron chi connectivity index (χ4n) is 5.43. The van der Waals surface area contributed by atoms with E-state index in [1.807, 2.05) is 4.98 Å². The number of hydrogen-bond acceptors (Lipinski definition) is 20. The summed E-state index contributed by atoms with van der Waals surface area (Å²) in [7, 11) is 0. The van der Waals surface area contributed by atoms with Gasteiger partial charge in [-0.3, -0.25) is 52.9 Å². The lowest BCUT2D eigenvalue weighted by Crippen LogP contribution is -2.43. The second-order valence-electron chi connectivity index (χ2n) is 11.7. The summed E-state index contributed by atoms with van der Waals surface area (Å²) >= 11 is 0.606. The predicted molar refractivity (Wildman–Crippen MR) is 173 cm³/mol. The molecule has 0 saturated carbocycles. The van der Waals surface area contributed by atoms with Gasteiger partial charge in [0.25, 0.3) is 11.1 Å². The van der Waals surface area contributed by atoms with E-state index < -0.39 is 131 Å². The zero-order valence-corrected chi connectivity index (χ0v) is 30.2. The van der Waals surface area contributed by atoms with Gasteiger partial charge in [0, 0.05) is 59.1 Å². The molecule has 2 aliphatic rings. The molecule has 8 atom stereocenters.